The Hall–Kier alpha value is -2.90. The van der Waals surface area contributed by atoms with Gasteiger partial charge in [0, 0.05) is 30.3 Å². The molecular formula is C19H23N5O3. The van der Waals surface area contributed by atoms with Gasteiger partial charge in [0.2, 0.25) is 5.91 Å². The standard InChI is InChI=1S/C19H23N5O3/c1-12-8-18(25)24(22-12)13-4-6-23(7-5-13)19-14-9-16(26-2)17(27-3)10-15(14)20-11-21-19/h9-11,13H,4-8H2,1-3H3. The van der Waals surface area contributed by atoms with Crippen LogP contribution in [0.15, 0.2) is 23.6 Å². The molecule has 2 aliphatic rings. The van der Waals surface area contributed by atoms with E-state index in [0.29, 0.717) is 17.9 Å². The molecule has 0 N–H and O–H groups in total. The number of carbonyl (C=O) groups excluding carboxylic acids is 1. The van der Waals surface area contributed by atoms with E-state index >= 15 is 0 Å². The zero-order valence-electron chi connectivity index (χ0n) is 15.8. The summed E-state index contributed by atoms with van der Waals surface area (Å²) in [6.45, 7) is 3.52. The first-order valence-electron chi connectivity index (χ1n) is 9.08. The number of hydrogen-bond donors (Lipinski definition) is 0. The lowest BCUT2D eigenvalue weighted by molar-refractivity contribution is -0.131. The van der Waals surface area contributed by atoms with Crippen molar-refractivity contribution in [3.8, 4) is 11.5 Å². The number of benzene rings is 1. The Bertz CT molecular complexity index is 906. The molecule has 0 unspecified atom stereocenters. The van der Waals surface area contributed by atoms with E-state index < -0.39 is 0 Å². The average Bonchev–Trinajstić information content (AvgIpc) is 3.04. The smallest absolute Gasteiger partial charge is 0.248 e. The third-order valence-corrected chi connectivity index (χ3v) is 5.17. The molecule has 1 aromatic carbocycles. The summed E-state index contributed by atoms with van der Waals surface area (Å²) >= 11 is 0. The molecule has 27 heavy (non-hydrogen) atoms. The molecule has 0 spiro atoms. The van der Waals surface area contributed by atoms with Gasteiger partial charge >= 0.3 is 0 Å². The van der Waals surface area contributed by atoms with Gasteiger partial charge in [-0.05, 0) is 25.8 Å². The summed E-state index contributed by atoms with van der Waals surface area (Å²) in [6.07, 6.45) is 3.74. The number of rotatable bonds is 4. The number of ether oxygens (including phenoxy) is 2. The van der Waals surface area contributed by atoms with Crippen molar-refractivity contribution in [3.63, 3.8) is 0 Å². The molecule has 1 saturated heterocycles. The van der Waals surface area contributed by atoms with Gasteiger partial charge in [-0.25, -0.2) is 15.0 Å². The van der Waals surface area contributed by atoms with Gasteiger partial charge in [0.05, 0.1) is 32.2 Å². The Morgan fingerprint density at radius 1 is 1.07 bits per heavy atom. The summed E-state index contributed by atoms with van der Waals surface area (Å²) in [5, 5.41) is 7.02. The summed E-state index contributed by atoms with van der Waals surface area (Å²) in [4.78, 5) is 23.2. The third-order valence-electron chi connectivity index (χ3n) is 5.17. The third kappa shape index (κ3) is 3.15. The Kier molecular flexibility index (Phi) is 4.55. The SMILES string of the molecule is COc1cc2ncnc(N3CCC(N4N=C(C)CC4=O)CC3)c2cc1OC. The van der Waals surface area contributed by atoms with Crippen LogP contribution in [0.5, 0.6) is 11.5 Å². The van der Waals surface area contributed by atoms with E-state index in [1.165, 1.54) is 0 Å². The Balaban J connectivity index is 1.58. The van der Waals surface area contributed by atoms with E-state index in [-0.39, 0.29) is 11.9 Å². The molecule has 4 rings (SSSR count). The second-order valence-electron chi connectivity index (χ2n) is 6.89. The summed E-state index contributed by atoms with van der Waals surface area (Å²) in [6, 6.07) is 3.95. The number of methoxy groups -OCH3 is 2. The van der Waals surface area contributed by atoms with E-state index in [1.807, 2.05) is 19.1 Å². The van der Waals surface area contributed by atoms with Crippen LogP contribution in [-0.2, 0) is 4.79 Å². The minimum absolute atomic E-state index is 0.107. The van der Waals surface area contributed by atoms with Crippen LogP contribution in [0.3, 0.4) is 0 Å². The van der Waals surface area contributed by atoms with E-state index in [0.717, 1.165) is 48.4 Å². The van der Waals surface area contributed by atoms with Gasteiger partial charge in [-0.15, -0.1) is 0 Å². The number of hydrazone groups is 1. The molecule has 0 aliphatic carbocycles. The molecule has 1 fully saturated rings. The van der Waals surface area contributed by atoms with E-state index in [1.54, 1.807) is 25.6 Å². The zero-order chi connectivity index (χ0) is 19.0. The highest BCUT2D eigenvalue weighted by Crippen LogP contribution is 2.35. The number of amides is 1. The Morgan fingerprint density at radius 3 is 2.41 bits per heavy atom. The molecule has 1 aromatic heterocycles. The minimum atomic E-state index is 0.107. The van der Waals surface area contributed by atoms with Crippen molar-refractivity contribution >= 4 is 28.3 Å². The van der Waals surface area contributed by atoms with Crippen molar-refractivity contribution in [1.29, 1.82) is 0 Å². The molecule has 142 valence electrons. The van der Waals surface area contributed by atoms with Crippen LogP contribution in [0, 0.1) is 0 Å². The van der Waals surface area contributed by atoms with Crippen LogP contribution < -0.4 is 14.4 Å². The number of aromatic nitrogens is 2. The van der Waals surface area contributed by atoms with Gasteiger partial charge in [-0.2, -0.15) is 5.10 Å². The van der Waals surface area contributed by atoms with E-state index in [2.05, 4.69) is 20.0 Å². The normalized spacial score (nSPS) is 18.2. The van der Waals surface area contributed by atoms with Gasteiger partial charge in [-0.3, -0.25) is 4.79 Å². The topological polar surface area (TPSA) is 80.2 Å². The molecule has 0 saturated carbocycles. The van der Waals surface area contributed by atoms with Gasteiger partial charge < -0.3 is 14.4 Å². The van der Waals surface area contributed by atoms with Gasteiger partial charge in [0.15, 0.2) is 11.5 Å². The second-order valence-corrected chi connectivity index (χ2v) is 6.89. The monoisotopic (exact) mass is 369 g/mol. The lowest BCUT2D eigenvalue weighted by atomic mass is 10.0. The summed E-state index contributed by atoms with van der Waals surface area (Å²) in [5.41, 5.74) is 1.71. The lowest BCUT2D eigenvalue weighted by Crippen LogP contribution is -2.44. The highest BCUT2D eigenvalue weighted by Gasteiger charge is 2.32. The van der Waals surface area contributed by atoms with Crippen LogP contribution in [0.2, 0.25) is 0 Å². The van der Waals surface area contributed by atoms with Crippen molar-refractivity contribution < 1.29 is 14.3 Å². The van der Waals surface area contributed by atoms with Crippen LogP contribution in [0.1, 0.15) is 26.2 Å². The lowest BCUT2D eigenvalue weighted by Gasteiger charge is -2.35. The van der Waals surface area contributed by atoms with Gasteiger partial charge in [0.25, 0.3) is 0 Å². The highest BCUT2D eigenvalue weighted by atomic mass is 16.5. The first-order valence-corrected chi connectivity index (χ1v) is 9.08. The fourth-order valence-electron chi connectivity index (χ4n) is 3.80. The van der Waals surface area contributed by atoms with Crippen LogP contribution in [0.25, 0.3) is 10.9 Å². The Labute approximate surface area is 157 Å². The highest BCUT2D eigenvalue weighted by molar-refractivity contribution is 6.03. The van der Waals surface area contributed by atoms with Crippen LogP contribution in [-0.4, -0.2) is 59.9 Å². The van der Waals surface area contributed by atoms with Crippen LogP contribution in [0.4, 0.5) is 5.82 Å². The van der Waals surface area contributed by atoms with Crippen molar-refractivity contribution in [1.82, 2.24) is 15.0 Å². The van der Waals surface area contributed by atoms with Crippen LogP contribution >= 0.6 is 0 Å². The predicted molar refractivity (Wildman–Crippen MR) is 102 cm³/mol. The van der Waals surface area contributed by atoms with Crippen molar-refractivity contribution in [2.45, 2.75) is 32.2 Å². The summed E-state index contributed by atoms with van der Waals surface area (Å²) < 4.78 is 10.8. The second kappa shape index (κ2) is 7.02. The van der Waals surface area contributed by atoms with E-state index in [9.17, 15) is 4.79 Å². The largest absolute Gasteiger partial charge is 0.493 e. The molecule has 0 atom stereocenters. The molecule has 8 nitrogen and oxygen atoms in total. The number of nitrogens with zero attached hydrogens (tertiary/aromatic N) is 5. The fraction of sp³-hybridized carbons (Fsp3) is 0.474. The first-order chi connectivity index (χ1) is 13.1. The molecule has 3 heterocycles. The minimum Gasteiger partial charge on any atom is -0.493 e. The molecule has 0 bridgehead atoms. The number of piperidine rings is 1. The molecule has 2 aliphatic heterocycles. The fourth-order valence-corrected chi connectivity index (χ4v) is 3.80. The molecule has 0 radical (unpaired) electrons. The molecule has 1 amide bonds. The zero-order valence-corrected chi connectivity index (χ0v) is 15.8. The number of anilines is 1. The number of hydrogen-bond acceptors (Lipinski definition) is 7. The molecular weight excluding hydrogens is 346 g/mol. The maximum Gasteiger partial charge on any atom is 0.248 e. The van der Waals surface area contributed by atoms with Crippen molar-refractivity contribution in [2.24, 2.45) is 5.10 Å². The van der Waals surface area contributed by atoms with Crippen molar-refractivity contribution in [3.05, 3.63) is 18.5 Å². The van der Waals surface area contributed by atoms with Gasteiger partial charge in [-0.1, -0.05) is 0 Å². The molecule has 2 aromatic rings. The van der Waals surface area contributed by atoms with Gasteiger partial charge in [0.1, 0.15) is 12.1 Å². The predicted octanol–water partition coefficient (Wildman–Crippen LogP) is 2.22. The maximum atomic E-state index is 12.1. The summed E-state index contributed by atoms with van der Waals surface area (Å²) in [7, 11) is 3.23. The average molecular weight is 369 g/mol. The number of fused-ring (bicyclic) bond motifs is 1. The maximum absolute atomic E-state index is 12.1. The Morgan fingerprint density at radius 2 is 1.78 bits per heavy atom. The quantitative estimate of drug-likeness (QED) is 0.822. The molecule has 8 heteroatoms. The first kappa shape index (κ1) is 17.5. The number of carbonyl (C=O) groups is 1. The summed E-state index contributed by atoms with van der Waals surface area (Å²) in [5.74, 6) is 2.29. The van der Waals surface area contributed by atoms with E-state index in [4.69, 9.17) is 9.47 Å². The van der Waals surface area contributed by atoms with Crippen molar-refractivity contribution in [2.75, 3.05) is 32.2 Å².